The van der Waals surface area contributed by atoms with E-state index >= 15 is 0 Å². The van der Waals surface area contributed by atoms with E-state index in [0.717, 1.165) is 49.8 Å². The largest absolute Gasteiger partial charge is 0.359 e. The lowest BCUT2D eigenvalue weighted by molar-refractivity contribution is 0.379. The number of aryl methyl sites for hydroxylation is 2. The first-order valence-electron chi connectivity index (χ1n) is 8.32. The van der Waals surface area contributed by atoms with E-state index in [1.165, 1.54) is 5.56 Å². The maximum atomic E-state index is 5.25. The first kappa shape index (κ1) is 20.5. The van der Waals surface area contributed by atoms with Gasteiger partial charge in [0.15, 0.2) is 11.7 Å². The molecule has 0 unspecified atom stereocenters. The third-order valence-corrected chi connectivity index (χ3v) is 3.48. The minimum absolute atomic E-state index is 0. The molecular formula is C18H27IN4O. The summed E-state index contributed by atoms with van der Waals surface area (Å²) < 4.78 is 5.25. The lowest BCUT2D eigenvalue weighted by Gasteiger charge is -2.10. The molecule has 0 radical (unpaired) electrons. The van der Waals surface area contributed by atoms with Gasteiger partial charge in [0.25, 0.3) is 0 Å². The predicted molar refractivity (Wildman–Crippen MR) is 109 cm³/mol. The Morgan fingerprint density at radius 1 is 1.17 bits per heavy atom. The zero-order valence-corrected chi connectivity index (χ0v) is 16.7. The Hall–Kier alpha value is -1.57. The van der Waals surface area contributed by atoms with E-state index < -0.39 is 0 Å². The van der Waals surface area contributed by atoms with Crippen molar-refractivity contribution >= 4 is 29.9 Å². The van der Waals surface area contributed by atoms with Gasteiger partial charge in [-0.1, -0.05) is 42.4 Å². The maximum Gasteiger partial charge on any atom is 0.191 e. The van der Waals surface area contributed by atoms with Crippen molar-refractivity contribution in [1.29, 1.82) is 0 Å². The van der Waals surface area contributed by atoms with Gasteiger partial charge in [-0.25, -0.2) is 4.99 Å². The number of hydrogen-bond acceptors (Lipinski definition) is 3. The molecule has 0 spiro atoms. The SMILES string of the molecule is CCNC(=NCc1cc(CC)no1)NCCCc1ccccc1.I. The minimum atomic E-state index is 0. The van der Waals surface area contributed by atoms with Gasteiger partial charge in [-0.2, -0.15) is 0 Å². The molecule has 0 atom stereocenters. The van der Waals surface area contributed by atoms with Gasteiger partial charge in [0.2, 0.25) is 0 Å². The van der Waals surface area contributed by atoms with Gasteiger partial charge in [0.1, 0.15) is 6.54 Å². The monoisotopic (exact) mass is 442 g/mol. The summed E-state index contributed by atoms with van der Waals surface area (Å²) in [5.41, 5.74) is 2.33. The Morgan fingerprint density at radius 3 is 2.62 bits per heavy atom. The molecule has 1 aromatic heterocycles. The topological polar surface area (TPSA) is 62.5 Å². The Kier molecular flexibility index (Phi) is 10.1. The molecule has 0 fully saturated rings. The summed E-state index contributed by atoms with van der Waals surface area (Å²) in [7, 11) is 0. The van der Waals surface area contributed by atoms with Crippen LogP contribution in [0.15, 0.2) is 45.9 Å². The zero-order valence-electron chi connectivity index (χ0n) is 14.4. The van der Waals surface area contributed by atoms with Crippen molar-refractivity contribution in [2.45, 2.75) is 39.7 Å². The number of guanidine groups is 1. The van der Waals surface area contributed by atoms with Crippen LogP contribution in [0.3, 0.4) is 0 Å². The molecule has 0 aliphatic rings. The molecule has 0 saturated carbocycles. The molecule has 1 aromatic carbocycles. The van der Waals surface area contributed by atoms with Gasteiger partial charge in [-0.05, 0) is 31.7 Å². The Labute approximate surface area is 161 Å². The van der Waals surface area contributed by atoms with Crippen molar-refractivity contribution in [2.75, 3.05) is 13.1 Å². The van der Waals surface area contributed by atoms with Crippen molar-refractivity contribution in [1.82, 2.24) is 15.8 Å². The fourth-order valence-corrected chi connectivity index (χ4v) is 2.24. The quantitative estimate of drug-likeness (QED) is 0.284. The molecule has 2 N–H and O–H groups in total. The average Bonchev–Trinajstić information content (AvgIpc) is 3.05. The fraction of sp³-hybridized carbons (Fsp3) is 0.444. The third-order valence-electron chi connectivity index (χ3n) is 3.48. The van der Waals surface area contributed by atoms with Gasteiger partial charge in [0, 0.05) is 19.2 Å². The highest BCUT2D eigenvalue weighted by Crippen LogP contribution is 2.05. The molecule has 132 valence electrons. The van der Waals surface area contributed by atoms with E-state index in [-0.39, 0.29) is 24.0 Å². The standard InChI is InChI=1S/C18H26N4O.HI/c1-3-16-13-17(23-22-16)14-21-18(19-4-2)20-12-8-11-15-9-6-5-7-10-15;/h5-7,9-10,13H,3-4,8,11-12,14H2,1-2H3,(H2,19,20,21);1H. The highest BCUT2D eigenvalue weighted by Gasteiger charge is 2.03. The van der Waals surface area contributed by atoms with Crippen molar-refractivity contribution < 1.29 is 4.52 Å². The normalized spacial score (nSPS) is 11.0. The van der Waals surface area contributed by atoms with Crippen LogP contribution in [0.5, 0.6) is 0 Å². The smallest absolute Gasteiger partial charge is 0.191 e. The Morgan fingerprint density at radius 2 is 1.96 bits per heavy atom. The molecule has 0 amide bonds. The van der Waals surface area contributed by atoms with E-state index in [4.69, 9.17) is 4.52 Å². The van der Waals surface area contributed by atoms with Crippen LogP contribution < -0.4 is 10.6 Å². The first-order valence-corrected chi connectivity index (χ1v) is 8.32. The first-order chi connectivity index (χ1) is 11.3. The van der Waals surface area contributed by atoms with Crippen molar-refractivity contribution in [3.63, 3.8) is 0 Å². The highest BCUT2D eigenvalue weighted by atomic mass is 127. The molecule has 0 bridgehead atoms. The number of aliphatic imine (C=N–C) groups is 1. The van der Waals surface area contributed by atoms with E-state index in [2.05, 4.69) is 58.9 Å². The second-order valence-corrected chi connectivity index (χ2v) is 5.35. The molecule has 0 saturated heterocycles. The number of halogens is 1. The molecule has 2 rings (SSSR count). The summed E-state index contributed by atoms with van der Waals surface area (Å²) in [6.07, 6.45) is 3.01. The van der Waals surface area contributed by atoms with Gasteiger partial charge < -0.3 is 15.2 Å². The fourth-order valence-electron chi connectivity index (χ4n) is 2.24. The van der Waals surface area contributed by atoms with Crippen LogP contribution in [0, 0.1) is 0 Å². The second kappa shape index (κ2) is 11.9. The molecule has 0 aliphatic carbocycles. The summed E-state index contributed by atoms with van der Waals surface area (Å²) in [5, 5.41) is 10.6. The average molecular weight is 442 g/mol. The van der Waals surface area contributed by atoms with Crippen molar-refractivity contribution in [3.8, 4) is 0 Å². The number of rotatable bonds is 8. The van der Waals surface area contributed by atoms with Gasteiger partial charge >= 0.3 is 0 Å². The number of benzene rings is 1. The number of nitrogens with zero attached hydrogens (tertiary/aromatic N) is 2. The van der Waals surface area contributed by atoms with E-state index in [1.807, 2.05) is 12.1 Å². The summed E-state index contributed by atoms with van der Waals surface area (Å²) >= 11 is 0. The van der Waals surface area contributed by atoms with Crippen LogP contribution >= 0.6 is 24.0 Å². The third kappa shape index (κ3) is 7.33. The zero-order chi connectivity index (χ0) is 16.3. The van der Waals surface area contributed by atoms with Crippen LogP contribution in [-0.4, -0.2) is 24.2 Å². The van der Waals surface area contributed by atoms with Crippen LogP contribution in [0.1, 0.15) is 37.3 Å². The molecule has 5 nitrogen and oxygen atoms in total. The summed E-state index contributed by atoms with van der Waals surface area (Å²) in [4.78, 5) is 4.54. The molecule has 0 aliphatic heterocycles. The Balaban J connectivity index is 0.00000288. The number of nitrogens with one attached hydrogen (secondary N) is 2. The van der Waals surface area contributed by atoms with Crippen LogP contribution in [0.2, 0.25) is 0 Å². The second-order valence-electron chi connectivity index (χ2n) is 5.35. The van der Waals surface area contributed by atoms with E-state index in [9.17, 15) is 0 Å². The number of hydrogen-bond donors (Lipinski definition) is 2. The van der Waals surface area contributed by atoms with Crippen LogP contribution in [-0.2, 0) is 19.4 Å². The lowest BCUT2D eigenvalue weighted by Crippen LogP contribution is -2.37. The maximum absolute atomic E-state index is 5.25. The van der Waals surface area contributed by atoms with E-state index in [1.54, 1.807) is 0 Å². The van der Waals surface area contributed by atoms with Crippen molar-refractivity contribution in [3.05, 3.63) is 53.4 Å². The van der Waals surface area contributed by atoms with Crippen LogP contribution in [0.25, 0.3) is 0 Å². The van der Waals surface area contributed by atoms with Gasteiger partial charge in [-0.3, -0.25) is 0 Å². The van der Waals surface area contributed by atoms with E-state index in [0.29, 0.717) is 6.54 Å². The predicted octanol–water partition coefficient (Wildman–Crippen LogP) is 3.54. The molecular weight excluding hydrogens is 415 g/mol. The summed E-state index contributed by atoms with van der Waals surface area (Å²) in [6, 6.07) is 12.5. The van der Waals surface area contributed by atoms with Crippen molar-refractivity contribution in [2.24, 2.45) is 4.99 Å². The van der Waals surface area contributed by atoms with Gasteiger partial charge in [0.05, 0.1) is 5.69 Å². The molecule has 2 aromatic rings. The number of aromatic nitrogens is 1. The lowest BCUT2D eigenvalue weighted by atomic mass is 10.1. The van der Waals surface area contributed by atoms with Gasteiger partial charge in [-0.15, -0.1) is 24.0 Å². The summed E-state index contributed by atoms with van der Waals surface area (Å²) in [6.45, 7) is 6.34. The molecule has 24 heavy (non-hydrogen) atoms. The molecule has 6 heteroatoms. The summed E-state index contributed by atoms with van der Waals surface area (Å²) in [5.74, 6) is 1.61. The minimum Gasteiger partial charge on any atom is -0.359 e. The highest BCUT2D eigenvalue weighted by molar-refractivity contribution is 14.0. The Bertz CT molecular complexity index is 598. The molecule has 1 heterocycles. The van der Waals surface area contributed by atoms with Crippen LogP contribution in [0.4, 0.5) is 0 Å².